The van der Waals surface area contributed by atoms with Crippen LogP contribution in [0.25, 0.3) is 0 Å². The van der Waals surface area contributed by atoms with Crippen molar-refractivity contribution in [3.8, 4) is 0 Å². The van der Waals surface area contributed by atoms with Crippen LogP contribution in [-0.4, -0.2) is 45.8 Å². The molecule has 0 saturated carbocycles. The van der Waals surface area contributed by atoms with Gasteiger partial charge in [0.05, 0.1) is 6.26 Å². The lowest BCUT2D eigenvalue weighted by Crippen LogP contribution is -2.38. The molecule has 0 amide bonds. The number of sulfonamides is 1. The fourth-order valence-electron chi connectivity index (χ4n) is 1.73. The lowest BCUT2D eigenvalue weighted by molar-refractivity contribution is 0.266. The molecule has 4 nitrogen and oxygen atoms in total. The largest absolute Gasteiger partial charge is 0.299 e. The summed E-state index contributed by atoms with van der Waals surface area (Å²) in [6.45, 7) is 1.24. The van der Waals surface area contributed by atoms with Crippen molar-refractivity contribution in [3.63, 3.8) is 0 Å². The number of allylic oxidation sites excluding steroid dienone is 1. The van der Waals surface area contributed by atoms with E-state index in [1.54, 1.807) is 0 Å². The van der Waals surface area contributed by atoms with Crippen LogP contribution in [-0.2, 0) is 10.0 Å². The third kappa shape index (κ3) is 5.30. The van der Waals surface area contributed by atoms with Crippen molar-refractivity contribution in [1.82, 2.24) is 9.62 Å². The van der Waals surface area contributed by atoms with E-state index in [2.05, 4.69) is 21.8 Å². The average molecular weight is 232 g/mol. The topological polar surface area (TPSA) is 49.4 Å². The number of nitrogens with zero attached hydrogens (tertiary/aromatic N) is 1. The first-order chi connectivity index (χ1) is 6.99. The highest BCUT2D eigenvalue weighted by Crippen LogP contribution is 2.14. The second kappa shape index (κ2) is 5.63. The molecule has 15 heavy (non-hydrogen) atoms. The summed E-state index contributed by atoms with van der Waals surface area (Å²) in [5.74, 6) is 0. The van der Waals surface area contributed by atoms with E-state index in [-0.39, 0.29) is 0 Å². The molecule has 0 saturated heterocycles. The zero-order valence-electron chi connectivity index (χ0n) is 9.44. The van der Waals surface area contributed by atoms with Gasteiger partial charge in [-0.1, -0.05) is 12.2 Å². The SMILES string of the molecule is CN(CCNS(C)(=O)=O)[C@@H]1C=CCCC1. The van der Waals surface area contributed by atoms with Crippen molar-refractivity contribution >= 4 is 10.0 Å². The first-order valence-corrected chi connectivity index (χ1v) is 7.20. The summed E-state index contributed by atoms with van der Waals surface area (Å²) < 4.78 is 24.2. The molecule has 0 aliphatic heterocycles. The number of likely N-dealkylation sites (N-methyl/N-ethyl adjacent to an activating group) is 1. The van der Waals surface area contributed by atoms with Crippen LogP contribution in [0, 0.1) is 0 Å². The molecule has 88 valence electrons. The Balaban J connectivity index is 2.26. The van der Waals surface area contributed by atoms with Crippen LogP contribution >= 0.6 is 0 Å². The van der Waals surface area contributed by atoms with Crippen molar-refractivity contribution in [1.29, 1.82) is 0 Å². The standard InChI is InChI=1S/C10H20N2O2S/c1-12(9-8-11-15(2,13)14)10-6-4-3-5-7-10/h4,6,10-11H,3,5,7-9H2,1-2H3/t10-/m1/s1. The first kappa shape index (κ1) is 12.7. The molecule has 0 spiro atoms. The number of hydrogen-bond acceptors (Lipinski definition) is 3. The highest BCUT2D eigenvalue weighted by molar-refractivity contribution is 7.88. The Morgan fingerprint density at radius 2 is 2.27 bits per heavy atom. The smallest absolute Gasteiger partial charge is 0.208 e. The molecule has 0 radical (unpaired) electrons. The molecule has 0 aromatic rings. The maximum absolute atomic E-state index is 10.8. The first-order valence-electron chi connectivity index (χ1n) is 5.30. The van der Waals surface area contributed by atoms with Gasteiger partial charge in [0, 0.05) is 19.1 Å². The molecule has 1 aliphatic rings. The van der Waals surface area contributed by atoms with E-state index in [4.69, 9.17) is 0 Å². The third-order valence-electron chi connectivity index (χ3n) is 2.62. The van der Waals surface area contributed by atoms with Crippen molar-refractivity contribution in [2.75, 3.05) is 26.4 Å². The Morgan fingerprint density at radius 3 is 2.80 bits per heavy atom. The molecule has 0 bridgehead atoms. The van der Waals surface area contributed by atoms with E-state index in [0.29, 0.717) is 12.6 Å². The van der Waals surface area contributed by atoms with Crippen LogP contribution in [0.4, 0.5) is 0 Å². The monoisotopic (exact) mass is 232 g/mol. The Kier molecular flexibility index (Phi) is 4.76. The number of rotatable bonds is 5. The third-order valence-corrected chi connectivity index (χ3v) is 3.35. The van der Waals surface area contributed by atoms with Crippen LogP contribution in [0.15, 0.2) is 12.2 Å². The molecule has 5 heteroatoms. The minimum Gasteiger partial charge on any atom is -0.299 e. The lowest BCUT2D eigenvalue weighted by Gasteiger charge is -2.27. The second-order valence-electron chi connectivity index (χ2n) is 4.07. The van der Waals surface area contributed by atoms with Crippen LogP contribution in [0.5, 0.6) is 0 Å². The quantitative estimate of drug-likeness (QED) is 0.705. The van der Waals surface area contributed by atoms with Crippen LogP contribution in [0.3, 0.4) is 0 Å². The summed E-state index contributed by atoms with van der Waals surface area (Å²) in [4.78, 5) is 2.19. The highest BCUT2D eigenvalue weighted by atomic mass is 32.2. The molecular formula is C10H20N2O2S. The van der Waals surface area contributed by atoms with Crippen molar-refractivity contribution in [2.24, 2.45) is 0 Å². The van der Waals surface area contributed by atoms with Crippen LogP contribution in [0.2, 0.25) is 0 Å². The zero-order valence-corrected chi connectivity index (χ0v) is 10.3. The summed E-state index contributed by atoms with van der Waals surface area (Å²) in [5.41, 5.74) is 0. The van der Waals surface area contributed by atoms with Crippen LogP contribution in [0.1, 0.15) is 19.3 Å². The maximum atomic E-state index is 10.8. The molecule has 0 heterocycles. The Hall–Kier alpha value is -0.390. The van der Waals surface area contributed by atoms with Gasteiger partial charge in [-0.3, -0.25) is 4.90 Å². The van der Waals surface area contributed by atoms with Gasteiger partial charge in [0.1, 0.15) is 0 Å². The average Bonchev–Trinajstić information content (AvgIpc) is 2.17. The van der Waals surface area contributed by atoms with Crippen LogP contribution < -0.4 is 4.72 Å². The molecule has 1 atom stereocenters. The van der Waals surface area contributed by atoms with E-state index in [1.807, 2.05) is 7.05 Å². The Bertz CT molecular complexity index is 311. The highest BCUT2D eigenvalue weighted by Gasteiger charge is 2.13. The second-order valence-corrected chi connectivity index (χ2v) is 5.91. The van der Waals surface area contributed by atoms with Crippen molar-refractivity contribution in [2.45, 2.75) is 25.3 Å². The van der Waals surface area contributed by atoms with Gasteiger partial charge in [-0.15, -0.1) is 0 Å². The van der Waals surface area contributed by atoms with Gasteiger partial charge >= 0.3 is 0 Å². The van der Waals surface area contributed by atoms with E-state index in [0.717, 1.165) is 6.54 Å². The van der Waals surface area contributed by atoms with Gasteiger partial charge in [-0.25, -0.2) is 13.1 Å². The summed E-state index contributed by atoms with van der Waals surface area (Å²) in [6, 6.07) is 0.472. The Labute approximate surface area is 92.4 Å². The van der Waals surface area contributed by atoms with E-state index >= 15 is 0 Å². The molecule has 1 N–H and O–H groups in total. The van der Waals surface area contributed by atoms with Gasteiger partial charge in [0.25, 0.3) is 0 Å². The normalized spacial score (nSPS) is 22.2. The van der Waals surface area contributed by atoms with Gasteiger partial charge in [-0.2, -0.15) is 0 Å². The number of nitrogens with one attached hydrogen (secondary N) is 1. The molecule has 1 aliphatic carbocycles. The lowest BCUT2D eigenvalue weighted by atomic mass is 10.0. The maximum Gasteiger partial charge on any atom is 0.208 e. The fraction of sp³-hybridized carbons (Fsp3) is 0.800. The summed E-state index contributed by atoms with van der Waals surface area (Å²) in [5, 5.41) is 0. The molecule has 0 fully saturated rings. The minimum atomic E-state index is -3.05. The fourth-order valence-corrected chi connectivity index (χ4v) is 2.20. The van der Waals surface area contributed by atoms with Gasteiger partial charge in [-0.05, 0) is 26.3 Å². The molecule has 0 aromatic heterocycles. The Morgan fingerprint density at radius 1 is 1.53 bits per heavy atom. The summed E-state index contributed by atoms with van der Waals surface area (Å²) in [6.07, 6.45) is 9.18. The molecule has 0 aromatic carbocycles. The molecule has 1 rings (SSSR count). The molecular weight excluding hydrogens is 212 g/mol. The van der Waals surface area contributed by atoms with E-state index in [1.165, 1.54) is 25.5 Å². The van der Waals surface area contributed by atoms with Gasteiger partial charge in [0.15, 0.2) is 0 Å². The predicted molar refractivity (Wildman–Crippen MR) is 62.3 cm³/mol. The van der Waals surface area contributed by atoms with Crippen molar-refractivity contribution < 1.29 is 8.42 Å². The van der Waals surface area contributed by atoms with E-state index < -0.39 is 10.0 Å². The van der Waals surface area contributed by atoms with Gasteiger partial charge in [0.2, 0.25) is 10.0 Å². The zero-order chi connectivity index (χ0) is 11.3. The molecule has 0 unspecified atom stereocenters. The minimum absolute atomic E-state index is 0.472. The van der Waals surface area contributed by atoms with Gasteiger partial charge < -0.3 is 0 Å². The summed E-state index contributed by atoms with van der Waals surface area (Å²) >= 11 is 0. The number of hydrogen-bond donors (Lipinski definition) is 1. The van der Waals surface area contributed by atoms with E-state index in [9.17, 15) is 8.42 Å². The summed E-state index contributed by atoms with van der Waals surface area (Å²) in [7, 11) is -1.01. The predicted octanol–water partition coefficient (Wildman–Crippen LogP) is 0.576. The van der Waals surface area contributed by atoms with Crippen molar-refractivity contribution in [3.05, 3.63) is 12.2 Å².